The summed E-state index contributed by atoms with van der Waals surface area (Å²) in [5.74, 6) is -1.64. The summed E-state index contributed by atoms with van der Waals surface area (Å²) in [4.78, 5) is 36.6. The average Bonchev–Trinajstić information content (AvgIpc) is 3.09. The molecule has 0 aromatic carbocycles. The molecule has 2 unspecified atom stereocenters. The largest absolute Gasteiger partial charge is 0.477 e. The number of carboxylic acid groups (broad SMARTS) is 1. The normalized spacial score (nSPS) is 14.1. The number of carboxylic acids is 1. The number of esters is 2. The van der Waals surface area contributed by atoms with Crippen LogP contribution in [0.25, 0.3) is 0 Å². The minimum atomic E-state index is -0.896. The van der Waals surface area contributed by atoms with Gasteiger partial charge in [0.2, 0.25) is 0 Å². The Morgan fingerprint density at radius 3 is 1.50 bits per heavy atom. The third-order valence-electron chi connectivity index (χ3n) is 7.74. The Kier molecular flexibility index (Phi) is 31.9. The number of nitrogens with zero attached hydrogens (tertiary/aromatic N) is 1. The predicted octanol–water partition coefficient (Wildman–Crippen LogP) is 9.96. The minimum absolute atomic E-state index is 0.0167. The van der Waals surface area contributed by atoms with Crippen LogP contribution in [0.2, 0.25) is 0 Å². The van der Waals surface area contributed by atoms with Gasteiger partial charge in [0.15, 0.2) is 12.1 Å². The molecule has 0 aromatic rings. The highest BCUT2D eigenvalue weighted by atomic mass is 16.6. The maximum Gasteiger partial charge on any atom is 0.362 e. The van der Waals surface area contributed by atoms with Crippen LogP contribution in [0, 0.1) is 0 Å². The SMILES string of the molecule is CC/C=C/C/C=C/C/C=C/C/C=C/C/C=C/C/C=C/CCCCC(=O)OCC(COCCC(C(=O)O)[N+](C)(C)C)OC(=O)CC/C=C/C/C=C/CC. The van der Waals surface area contributed by atoms with Gasteiger partial charge in [0.05, 0.1) is 34.4 Å². The van der Waals surface area contributed by atoms with Gasteiger partial charge < -0.3 is 23.8 Å². The Morgan fingerprint density at radius 1 is 0.577 bits per heavy atom. The number of hydrogen-bond acceptors (Lipinski definition) is 6. The average molecular weight is 725 g/mol. The van der Waals surface area contributed by atoms with Crippen molar-refractivity contribution in [2.45, 2.75) is 122 Å². The van der Waals surface area contributed by atoms with Gasteiger partial charge in [-0.3, -0.25) is 9.59 Å². The Hall–Kier alpha value is -3.75. The number of unbranched alkanes of at least 4 members (excludes halogenated alkanes) is 2. The number of ether oxygens (including phenoxy) is 3. The van der Waals surface area contributed by atoms with E-state index in [2.05, 4.69) is 98.9 Å². The highest BCUT2D eigenvalue weighted by Crippen LogP contribution is 2.10. The summed E-state index contributed by atoms with van der Waals surface area (Å²) in [6.45, 7) is 4.32. The molecule has 0 aliphatic rings. The molecule has 1 N–H and O–H groups in total. The fourth-order valence-electron chi connectivity index (χ4n) is 4.80. The molecule has 0 fully saturated rings. The van der Waals surface area contributed by atoms with Gasteiger partial charge in [-0.1, -0.05) is 111 Å². The predicted molar refractivity (Wildman–Crippen MR) is 215 cm³/mol. The zero-order valence-electron chi connectivity index (χ0n) is 33.0. The van der Waals surface area contributed by atoms with E-state index >= 15 is 0 Å². The number of carbonyl (C=O) groups is 3. The Balaban J connectivity index is 4.41. The van der Waals surface area contributed by atoms with Crippen LogP contribution < -0.4 is 0 Å². The van der Waals surface area contributed by atoms with Crippen LogP contribution in [-0.2, 0) is 28.6 Å². The molecular weight excluding hydrogens is 654 g/mol. The fourth-order valence-corrected chi connectivity index (χ4v) is 4.80. The summed E-state index contributed by atoms with van der Waals surface area (Å²) in [5, 5.41) is 9.56. The van der Waals surface area contributed by atoms with Crippen LogP contribution in [0.15, 0.2) is 97.2 Å². The van der Waals surface area contributed by atoms with Crippen LogP contribution in [0.1, 0.15) is 110 Å². The summed E-state index contributed by atoms with van der Waals surface area (Å²) in [6.07, 6.45) is 45.0. The van der Waals surface area contributed by atoms with Gasteiger partial charge in [-0.2, -0.15) is 0 Å². The summed E-state index contributed by atoms with van der Waals surface area (Å²) < 4.78 is 17.0. The number of rotatable bonds is 32. The topological polar surface area (TPSA) is 99.1 Å². The number of aliphatic carboxylic acids is 1. The van der Waals surface area contributed by atoms with Gasteiger partial charge in [0.1, 0.15) is 6.61 Å². The van der Waals surface area contributed by atoms with Crippen LogP contribution in [0.5, 0.6) is 0 Å². The van der Waals surface area contributed by atoms with Gasteiger partial charge in [0.25, 0.3) is 0 Å². The lowest BCUT2D eigenvalue weighted by Crippen LogP contribution is -2.50. The summed E-state index contributed by atoms with van der Waals surface area (Å²) in [5.41, 5.74) is 0. The van der Waals surface area contributed by atoms with Crippen molar-refractivity contribution in [1.29, 1.82) is 0 Å². The number of likely N-dealkylation sites (N-methyl/N-ethyl adjacent to an activating group) is 1. The highest BCUT2D eigenvalue weighted by molar-refractivity contribution is 5.72. The first kappa shape index (κ1) is 48.2. The molecular formula is C44H70NO7+. The Labute approximate surface area is 316 Å². The van der Waals surface area contributed by atoms with E-state index in [0.29, 0.717) is 19.3 Å². The molecule has 52 heavy (non-hydrogen) atoms. The third-order valence-corrected chi connectivity index (χ3v) is 7.74. The second-order valence-corrected chi connectivity index (χ2v) is 13.4. The van der Waals surface area contributed by atoms with E-state index in [-0.39, 0.29) is 43.1 Å². The van der Waals surface area contributed by atoms with Crippen molar-refractivity contribution in [2.75, 3.05) is 41.0 Å². The van der Waals surface area contributed by atoms with Crippen LogP contribution in [0.3, 0.4) is 0 Å². The zero-order chi connectivity index (χ0) is 38.5. The number of quaternary nitrogens is 1. The molecule has 0 heterocycles. The van der Waals surface area contributed by atoms with Crippen LogP contribution >= 0.6 is 0 Å². The second-order valence-electron chi connectivity index (χ2n) is 13.4. The standard InChI is InChI=1S/C44H69NO7/c1-6-8-10-12-14-15-16-17-18-19-20-21-22-23-24-25-26-27-29-30-32-34-42(46)51-39-40(38-50-37-36-41(44(48)49)45(3,4)5)52-43(47)35-33-31-28-13-11-9-7-2/h8-11,14-15,17-18,20-21,23-24,26-28,31,40-41H,6-7,12-13,16,19,22,25,29-30,32-39H2,1-5H3/p+1/b10-8+,11-9+,15-14+,18-17+,21-20+,24-23+,27-26+,31-28+. The molecule has 0 radical (unpaired) electrons. The van der Waals surface area contributed by atoms with Crippen molar-refractivity contribution in [1.82, 2.24) is 0 Å². The van der Waals surface area contributed by atoms with Gasteiger partial charge in [0, 0.05) is 19.3 Å². The fraction of sp³-hybridized carbons (Fsp3) is 0.568. The van der Waals surface area contributed by atoms with Crippen molar-refractivity contribution in [3.05, 3.63) is 97.2 Å². The molecule has 0 bridgehead atoms. The van der Waals surface area contributed by atoms with E-state index in [1.165, 1.54) is 0 Å². The maximum absolute atomic E-state index is 12.5. The van der Waals surface area contributed by atoms with Crippen molar-refractivity contribution < 1.29 is 38.2 Å². The van der Waals surface area contributed by atoms with E-state index in [4.69, 9.17) is 14.2 Å². The van der Waals surface area contributed by atoms with Crippen molar-refractivity contribution >= 4 is 17.9 Å². The van der Waals surface area contributed by atoms with E-state index in [1.54, 1.807) is 0 Å². The van der Waals surface area contributed by atoms with Gasteiger partial charge in [-0.25, -0.2) is 4.79 Å². The smallest absolute Gasteiger partial charge is 0.362 e. The lowest BCUT2D eigenvalue weighted by atomic mass is 10.1. The number of allylic oxidation sites excluding steroid dienone is 16. The molecule has 0 aliphatic carbocycles. The quantitative estimate of drug-likeness (QED) is 0.0319. The van der Waals surface area contributed by atoms with Crippen LogP contribution in [-0.4, -0.2) is 80.6 Å². The van der Waals surface area contributed by atoms with E-state index in [0.717, 1.165) is 64.2 Å². The lowest BCUT2D eigenvalue weighted by molar-refractivity contribution is -0.887. The molecule has 0 aromatic heterocycles. The summed E-state index contributed by atoms with van der Waals surface area (Å²) in [6, 6.07) is -0.634. The third kappa shape index (κ3) is 32.2. The molecule has 8 heteroatoms. The minimum Gasteiger partial charge on any atom is -0.477 e. The molecule has 0 saturated heterocycles. The summed E-state index contributed by atoms with van der Waals surface area (Å²) >= 11 is 0. The molecule has 2 atom stereocenters. The van der Waals surface area contributed by atoms with Crippen molar-refractivity contribution in [3.8, 4) is 0 Å². The molecule has 8 nitrogen and oxygen atoms in total. The molecule has 0 saturated carbocycles. The highest BCUT2D eigenvalue weighted by Gasteiger charge is 2.31. The number of hydrogen-bond donors (Lipinski definition) is 1. The van der Waals surface area contributed by atoms with Gasteiger partial charge in [-0.05, 0) is 77.0 Å². The van der Waals surface area contributed by atoms with Crippen molar-refractivity contribution in [2.24, 2.45) is 0 Å². The second kappa shape index (κ2) is 34.3. The Bertz CT molecular complexity index is 1170. The van der Waals surface area contributed by atoms with Gasteiger partial charge in [-0.15, -0.1) is 0 Å². The van der Waals surface area contributed by atoms with E-state index in [9.17, 15) is 19.5 Å². The van der Waals surface area contributed by atoms with Crippen molar-refractivity contribution in [3.63, 3.8) is 0 Å². The lowest BCUT2D eigenvalue weighted by Gasteiger charge is -2.31. The monoisotopic (exact) mass is 725 g/mol. The first-order valence-electron chi connectivity index (χ1n) is 19.3. The van der Waals surface area contributed by atoms with E-state index < -0.39 is 24.1 Å². The molecule has 0 aliphatic heterocycles. The molecule has 0 amide bonds. The first-order chi connectivity index (χ1) is 25.1. The van der Waals surface area contributed by atoms with E-state index in [1.807, 2.05) is 33.3 Å². The Morgan fingerprint density at radius 2 is 1.04 bits per heavy atom. The maximum atomic E-state index is 12.5. The molecule has 292 valence electrons. The number of carbonyl (C=O) groups excluding carboxylic acids is 2. The molecule has 0 rings (SSSR count). The molecule has 0 spiro atoms. The summed E-state index contributed by atoms with van der Waals surface area (Å²) in [7, 11) is 5.46. The zero-order valence-corrected chi connectivity index (χ0v) is 33.0. The first-order valence-corrected chi connectivity index (χ1v) is 19.3. The van der Waals surface area contributed by atoms with Crippen LogP contribution in [0.4, 0.5) is 0 Å². The van der Waals surface area contributed by atoms with Gasteiger partial charge >= 0.3 is 17.9 Å².